The summed E-state index contributed by atoms with van der Waals surface area (Å²) in [5, 5.41) is 3.28. The van der Waals surface area contributed by atoms with Gasteiger partial charge in [0.1, 0.15) is 0 Å². The van der Waals surface area contributed by atoms with Gasteiger partial charge in [0.15, 0.2) is 11.5 Å². The first-order chi connectivity index (χ1) is 10.2. The van der Waals surface area contributed by atoms with Crippen molar-refractivity contribution >= 4 is 17.7 Å². The highest BCUT2D eigenvalue weighted by Gasteiger charge is 2.27. The minimum atomic E-state index is -0.288. The molecule has 2 aliphatic rings. The Hall–Kier alpha value is -1.40. The average molecular weight is 308 g/mol. The molecular weight excluding hydrogens is 288 g/mol. The van der Waals surface area contributed by atoms with E-state index in [9.17, 15) is 4.79 Å². The number of carbonyl (C=O) groups excluding carboxylic acids is 1. The first-order valence-electron chi connectivity index (χ1n) is 7.30. The Kier molecular flexibility index (Phi) is 4.55. The van der Waals surface area contributed by atoms with Gasteiger partial charge >= 0.3 is 0 Å². The molecule has 114 valence electrons. The maximum absolute atomic E-state index is 11.5. The molecule has 1 aliphatic carbocycles. The molecule has 1 aliphatic heterocycles. The van der Waals surface area contributed by atoms with Gasteiger partial charge in [-0.1, -0.05) is 0 Å². The quantitative estimate of drug-likeness (QED) is 0.780. The van der Waals surface area contributed by atoms with Crippen molar-refractivity contribution in [3.05, 3.63) is 18.2 Å². The fourth-order valence-electron chi connectivity index (χ4n) is 2.16. The summed E-state index contributed by atoms with van der Waals surface area (Å²) in [6.07, 6.45) is 3.17. The van der Waals surface area contributed by atoms with Gasteiger partial charge in [0.2, 0.25) is 5.91 Å². The molecule has 0 bridgehead atoms. The Balaban J connectivity index is 1.61. The Bertz CT molecular complexity index is 520. The highest BCUT2D eigenvalue weighted by Crippen LogP contribution is 2.34. The van der Waals surface area contributed by atoms with Crippen LogP contribution in [0.25, 0.3) is 0 Å². The van der Waals surface area contributed by atoms with Crippen molar-refractivity contribution in [2.45, 2.75) is 36.2 Å². The lowest BCUT2D eigenvalue weighted by Gasteiger charge is -2.15. The molecule has 0 spiro atoms. The number of benzene rings is 1. The van der Waals surface area contributed by atoms with E-state index in [0.29, 0.717) is 25.0 Å². The first-order valence-corrected chi connectivity index (χ1v) is 8.29. The maximum atomic E-state index is 11.5. The zero-order valence-electron chi connectivity index (χ0n) is 11.8. The molecule has 1 aromatic rings. The van der Waals surface area contributed by atoms with Crippen LogP contribution in [0.15, 0.2) is 23.1 Å². The number of nitrogens with two attached hydrogens (primary N) is 1. The van der Waals surface area contributed by atoms with Gasteiger partial charge in [-0.2, -0.15) is 0 Å². The Morgan fingerprint density at radius 2 is 2.10 bits per heavy atom. The molecule has 6 heteroatoms. The number of amides is 1. The summed E-state index contributed by atoms with van der Waals surface area (Å²) in [7, 11) is 0. The number of ether oxygens (including phenoxy) is 2. The van der Waals surface area contributed by atoms with E-state index in [2.05, 4.69) is 5.32 Å². The summed E-state index contributed by atoms with van der Waals surface area (Å²) in [5.74, 6) is 1.91. The third-order valence-electron chi connectivity index (χ3n) is 3.49. The monoisotopic (exact) mass is 308 g/mol. The molecule has 1 aromatic carbocycles. The molecule has 0 saturated heterocycles. The predicted octanol–water partition coefficient (Wildman–Crippen LogP) is 1.55. The van der Waals surface area contributed by atoms with E-state index >= 15 is 0 Å². The summed E-state index contributed by atoms with van der Waals surface area (Å²) < 4.78 is 11.3. The predicted molar refractivity (Wildman–Crippen MR) is 81.9 cm³/mol. The molecule has 1 saturated carbocycles. The average Bonchev–Trinajstić information content (AvgIpc) is 3.29. The minimum absolute atomic E-state index is 0.279. The smallest absolute Gasteiger partial charge is 0.235 e. The van der Waals surface area contributed by atoms with Crippen LogP contribution < -0.4 is 20.5 Å². The second-order valence-corrected chi connectivity index (χ2v) is 6.46. The van der Waals surface area contributed by atoms with Gasteiger partial charge in [-0.25, -0.2) is 0 Å². The van der Waals surface area contributed by atoms with Gasteiger partial charge in [-0.15, -0.1) is 11.8 Å². The van der Waals surface area contributed by atoms with Crippen molar-refractivity contribution in [2.75, 3.05) is 19.0 Å². The number of nitrogens with one attached hydrogen (secondary N) is 1. The van der Waals surface area contributed by atoms with Gasteiger partial charge in [-0.05, 0) is 31.0 Å². The second-order valence-electron chi connectivity index (χ2n) is 5.37. The van der Waals surface area contributed by atoms with E-state index in [1.807, 2.05) is 18.2 Å². The number of carbonyl (C=O) groups is 1. The third kappa shape index (κ3) is 4.04. The molecule has 1 atom stereocenters. The summed E-state index contributed by atoms with van der Waals surface area (Å²) in [4.78, 5) is 12.5. The van der Waals surface area contributed by atoms with E-state index in [1.165, 1.54) is 0 Å². The summed E-state index contributed by atoms with van der Waals surface area (Å²) in [6.45, 7) is 1.36. The lowest BCUT2D eigenvalue weighted by atomic mass is 10.3. The number of hydrogen-bond acceptors (Lipinski definition) is 5. The zero-order chi connectivity index (χ0) is 14.7. The summed E-state index contributed by atoms with van der Waals surface area (Å²) in [5.41, 5.74) is 5.45. The van der Waals surface area contributed by atoms with Crippen molar-refractivity contribution in [2.24, 2.45) is 5.73 Å². The largest absolute Gasteiger partial charge is 0.490 e. The SMILES string of the molecule is NC(=O)C(CSc1ccc2c(c1)OCCCO2)NC1CC1. The fourth-order valence-corrected chi connectivity index (χ4v) is 3.13. The van der Waals surface area contributed by atoms with Crippen LogP contribution in [-0.2, 0) is 4.79 Å². The molecule has 0 radical (unpaired) electrons. The van der Waals surface area contributed by atoms with Gasteiger partial charge in [0, 0.05) is 23.1 Å². The van der Waals surface area contributed by atoms with E-state index in [0.717, 1.165) is 35.7 Å². The lowest BCUT2D eigenvalue weighted by molar-refractivity contribution is -0.119. The number of thioether (sulfide) groups is 1. The minimum Gasteiger partial charge on any atom is -0.490 e. The highest BCUT2D eigenvalue weighted by molar-refractivity contribution is 7.99. The number of fused-ring (bicyclic) bond motifs is 1. The van der Waals surface area contributed by atoms with Gasteiger partial charge in [0.05, 0.1) is 19.3 Å². The lowest BCUT2D eigenvalue weighted by Crippen LogP contribution is -2.44. The van der Waals surface area contributed by atoms with Crippen LogP contribution in [0.5, 0.6) is 11.5 Å². The Morgan fingerprint density at radius 1 is 1.33 bits per heavy atom. The van der Waals surface area contributed by atoms with E-state index < -0.39 is 0 Å². The van der Waals surface area contributed by atoms with Crippen LogP contribution in [0.3, 0.4) is 0 Å². The standard InChI is InChI=1S/C15H20N2O3S/c16-15(18)12(17-10-2-3-10)9-21-11-4-5-13-14(8-11)20-7-1-6-19-13/h4-5,8,10,12,17H,1-3,6-7,9H2,(H2,16,18). The topological polar surface area (TPSA) is 73.6 Å². The van der Waals surface area contributed by atoms with Gasteiger partial charge in [0.25, 0.3) is 0 Å². The van der Waals surface area contributed by atoms with Crippen molar-refractivity contribution in [3.8, 4) is 11.5 Å². The van der Waals surface area contributed by atoms with Crippen LogP contribution in [-0.4, -0.2) is 37.0 Å². The molecule has 3 N–H and O–H groups in total. The van der Waals surface area contributed by atoms with Gasteiger partial charge in [-0.3, -0.25) is 4.79 Å². The van der Waals surface area contributed by atoms with E-state index in [4.69, 9.17) is 15.2 Å². The number of primary amides is 1. The number of hydrogen-bond donors (Lipinski definition) is 2. The van der Waals surface area contributed by atoms with Crippen molar-refractivity contribution < 1.29 is 14.3 Å². The van der Waals surface area contributed by atoms with E-state index in [-0.39, 0.29) is 11.9 Å². The van der Waals surface area contributed by atoms with Crippen LogP contribution in [0.2, 0.25) is 0 Å². The molecule has 1 unspecified atom stereocenters. The molecule has 3 rings (SSSR count). The highest BCUT2D eigenvalue weighted by atomic mass is 32.2. The third-order valence-corrected chi connectivity index (χ3v) is 4.58. The normalized spacial score (nSPS) is 18.9. The van der Waals surface area contributed by atoms with Crippen LogP contribution in [0.4, 0.5) is 0 Å². The van der Waals surface area contributed by atoms with Gasteiger partial charge < -0.3 is 20.5 Å². The van der Waals surface area contributed by atoms with Crippen LogP contribution in [0.1, 0.15) is 19.3 Å². The summed E-state index contributed by atoms with van der Waals surface area (Å²) in [6, 6.07) is 6.08. The molecule has 1 fully saturated rings. The molecule has 1 amide bonds. The van der Waals surface area contributed by atoms with Crippen LogP contribution in [0, 0.1) is 0 Å². The molecule has 5 nitrogen and oxygen atoms in total. The second kappa shape index (κ2) is 6.58. The van der Waals surface area contributed by atoms with Crippen LogP contribution >= 0.6 is 11.8 Å². The van der Waals surface area contributed by atoms with Crippen molar-refractivity contribution in [1.29, 1.82) is 0 Å². The first kappa shape index (κ1) is 14.5. The zero-order valence-corrected chi connectivity index (χ0v) is 12.7. The Labute approximate surface area is 128 Å². The van der Waals surface area contributed by atoms with Crippen molar-refractivity contribution in [3.63, 3.8) is 0 Å². The number of rotatable bonds is 6. The fraction of sp³-hybridized carbons (Fsp3) is 0.533. The molecule has 0 aromatic heterocycles. The van der Waals surface area contributed by atoms with E-state index in [1.54, 1.807) is 11.8 Å². The van der Waals surface area contributed by atoms with Crippen molar-refractivity contribution in [1.82, 2.24) is 5.32 Å². The maximum Gasteiger partial charge on any atom is 0.235 e. The molecule has 21 heavy (non-hydrogen) atoms. The summed E-state index contributed by atoms with van der Waals surface area (Å²) >= 11 is 1.61. The molecule has 1 heterocycles. The molecular formula is C15H20N2O3S. The Morgan fingerprint density at radius 3 is 2.81 bits per heavy atom.